The molecule has 2 aromatic carbocycles. The van der Waals surface area contributed by atoms with Crippen LogP contribution in [0.5, 0.6) is 5.75 Å². The summed E-state index contributed by atoms with van der Waals surface area (Å²) in [5.74, 6) is 1.42. The van der Waals surface area contributed by atoms with E-state index in [0.29, 0.717) is 5.92 Å². The van der Waals surface area contributed by atoms with Gasteiger partial charge in [-0.3, -0.25) is 0 Å². The zero-order valence-electron chi connectivity index (χ0n) is 13.1. The average molecular weight is 268 g/mol. The smallest absolute Gasteiger partial charge is 0.118 e. The number of rotatable bonds is 4. The monoisotopic (exact) mass is 268 g/mol. The Morgan fingerprint density at radius 3 is 1.70 bits per heavy atom. The Bertz CT molecular complexity index is 551. The summed E-state index contributed by atoms with van der Waals surface area (Å²) in [6.45, 7) is 9.02. The van der Waals surface area contributed by atoms with Crippen LogP contribution in [0, 0.1) is 12.8 Å². The summed E-state index contributed by atoms with van der Waals surface area (Å²) in [4.78, 5) is 0. The molecule has 1 atom stereocenters. The van der Waals surface area contributed by atoms with E-state index in [4.69, 9.17) is 4.74 Å². The van der Waals surface area contributed by atoms with Gasteiger partial charge in [-0.15, -0.1) is 0 Å². The third-order valence-electron chi connectivity index (χ3n) is 4.50. The van der Waals surface area contributed by atoms with Crippen LogP contribution in [-0.2, 0) is 5.41 Å². The van der Waals surface area contributed by atoms with Crippen molar-refractivity contribution in [2.45, 2.75) is 33.1 Å². The SMILES string of the molecule is COc1ccc(C(C)(c2ccc(C)cc2)C(C)C)cc1. The van der Waals surface area contributed by atoms with Gasteiger partial charge in [0, 0.05) is 5.41 Å². The fourth-order valence-electron chi connectivity index (χ4n) is 2.67. The summed E-state index contributed by atoms with van der Waals surface area (Å²) in [7, 11) is 1.70. The molecule has 0 aromatic heterocycles. The Labute approximate surface area is 122 Å². The molecule has 0 bridgehead atoms. The van der Waals surface area contributed by atoms with Crippen molar-refractivity contribution in [3.05, 3.63) is 65.2 Å². The Kier molecular flexibility index (Phi) is 4.17. The highest BCUT2D eigenvalue weighted by atomic mass is 16.5. The lowest BCUT2D eigenvalue weighted by atomic mass is 9.68. The molecular weight excluding hydrogens is 244 g/mol. The molecule has 2 rings (SSSR count). The molecule has 0 amide bonds. The standard InChI is InChI=1S/C19H24O/c1-14(2)19(4,16-8-6-15(3)7-9-16)17-10-12-18(20-5)13-11-17/h6-14H,1-5H3. The number of benzene rings is 2. The molecule has 1 nitrogen and oxygen atoms in total. The topological polar surface area (TPSA) is 9.23 Å². The molecule has 1 unspecified atom stereocenters. The summed E-state index contributed by atoms with van der Waals surface area (Å²) in [6, 6.07) is 17.3. The molecule has 0 saturated heterocycles. The molecule has 20 heavy (non-hydrogen) atoms. The minimum atomic E-state index is 0.0139. The summed E-state index contributed by atoms with van der Waals surface area (Å²) in [5, 5.41) is 0. The van der Waals surface area contributed by atoms with E-state index in [1.165, 1.54) is 16.7 Å². The zero-order chi connectivity index (χ0) is 14.8. The molecule has 0 spiro atoms. The van der Waals surface area contributed by atoms with Gasteiger partial charge >= 0.3 is 0 Å². The average Bonchev–Trinajstić information content (AvgIpc) is 2.47. The summed E-state index contributed by atoms with van der Waals surface area (Å²) in [6.07, 6.45) is 0. The third-order valence-corrected chi connectivity index (χ3v) is 4.50. The molecule has 0 saturated carbocycles. The minimum Gasteiger partial charge on any atom is -0.497 e. The third kappa shape index (κ3) is 2.58. The first kappa shape index (κ1) is 14.6. The molecule has 0 aliphatic heterocycles. The highest BCUT2D eigenvalue weighted by Crippen LogP contribution is 2.39. The summed E-state index contributed by atoms with van der Waals surface area (Å²) >= 11 is 0. The lowest BCUT2D eigenvalue weighted by Gasteiger charge is -2.35. The number of hydrogen-bond donors (Lipinski definition) is 0. The number of hydrogen-bond acceptors (Lipinski definition) is 1. The van der Waals surface area contributed by atoms with Gasteiger partial charge < -0.3 is 4.74 Å². The van der Waals surface area contributed by atoms with Crippen LogP contribution in [0.15, 0.2) is 48.5 Å². The van der Waals surface area contributed by atoms with Gasteiger partial charge in [-0.05, 0) is 36.1 Å². The second kappa shape index (κ2) is 5.70. The van der Waals surface area contributed by atoms with Crippen LogP contribution < -0.4 is 4.74 Å². The Morgan fingerprint density at radius 1 is 0.850 bits per heavy atom. The van der Waals surface area contributed by atoms with Crippen molar-refractivity contribution in [1.29, 1.82) is 0 Å². The molecule has 2 aromatic rings. The molecule has 1 heteroatoms. The van der Waals surface area contributed by atoms with E-state index in [1.54, 1.807) is 7.11 Å². The van der Waals surface area contributed by atoms with E-state index in [0.717, 1.165) is 5.75 Å². The Morgan fingerprint density at radius 2 is 1.30 bits per heavy atom. The van der Waals surface area contributed by atoms with Crippen LogP contribution in [0.25, 0.3) is 0 Å². The van der Waals surface area contributed by atoms with Crippen molar-refractivity contribution >= 4 is 0 Å². The van der Waals surface area contributed by atoms with Crippen molar-refractivity contribution in [3.63, 3.8) is 0 Å². The van der Waals surface area contributed by atoms with Gasteiger partial charge in [0.1, 0.15) is 5.75 Å². The van der Waals surface area contributed by atoms with Gasteiger partial charge in [0.15, 0.2) is 0 Å². The number of methoxy groups -OCH3 is 1. The second-order valence-corrected chi connectivity index (χ2v) is 5.95. The molecule has 0 heterocycles. The van der Waals surface area contributed by atoms with Gasteiger partial charge in [-0.2, -0.15) is 0 Å². The molecule has 0 N–H and O–H groups in total. The Hall–Kier alpha value is -1.76. The predicted molar refractivity (Wildman–Crippen MR) is 85.5 cm³/mol. The maximum atomic E-state index is 5.26. The van der Waals surface area contributed by atoms with E-state index in [2.05, 4.69) is 64.1 Å². The highest BCUT2D eigenvalue weighted by Gasteiger charge is 2.32. The summed E-state index contributed by atoms with van der Waals surface area (Å²) < 4.78 is 5.26. The first-order chi connectivity index (χ1) is 9.48. The fourth-order valence-corrected chi connectivity index (χ4v) is 2.67. The van der Waals surface area contributed by atoms with Gasteiger partial charge in [-0.25, -0.2) is 0 Å². The normalized spacial score (nSPS) is 14.1. The fraction of sp³-hybridized carbons (Fsp3) is 0.368. The lowest BCUT2D eigenvalue weighted by Crippen LogP contribution is -2.30. The van der Waals surface area contributed by atoms with E-state index in [9.17, 15) is 0 Å². The molecule has 0 radical (unpaired) electrons. The van der Waals surface area contributed by atoms with Crippen LogP contribution in [0.1, 0.15) is 37.5 Å². The molecule has 0 aliphatic carbocycles. The molecular formula is C19H24O. The van der Waals surface area contributed by atoms with Crippen LogP contribution >= 0.6 is 0 Å². The quantitative estimate of drug-likeness (QED) is 0.761. The van der Waals surface area contributed by atoms with E-state index in [1.807, 2.05) is 12.1 Å². The van der Waals surface area contributed by atoms with Crippen LogP contribution in [0.3, 0.4) is 0 Å². The molecule has 106 valence electrons. The van der Waals surface area contributed by atoms with Crippen LogP contribution in [0.4, 0.5) is 0 Å². The second-order valence-electron chi connectivity index (χ2n) is 5.95. The highest BCUT2D eigenvalue weighted by molar-refractivity contribution is 5.42. The van der Waals surface area contributed by atoms with Gasteiger partial charge in [-0.1, -0.05) is 62.7 Å². The van der Waals surface area contributed by atoms with E-state index >= 15 is 0 Å². The zero-order valence-corrected chi connectivity index (χ0v) is 13.1. The first-order valence-electron chi connectivity index (χ1n) is 7.20. The van der Waals surface area contributed by atoms with Crippen molar-refractivity contribution < 1.29 is 4.74 Å². The molecule has 0 aliphatic rings. The first-order valence-corrected chi connectivity index (χ1v) is 7.20. The minimum absolute atomic E-state index is 0.0139. The van der Waals surface area contributed by atoms with Gasteiger partial charge in [0.05, 0.1) is 7.11 Å². The van der Waals surface area contributed by atoms with Crippen molar-refractivity contribution in [2.24, 2.45) is 5.92 Å². The van der Waals surface area contributed by atoms with E-state index < -0.39 is 0 Å². The van der Waals surface area contributed by atoms with E-state index in [-0.39, 0.29) is 5.41 Å². The van der Waals surface area contributed by atoms with Crippen LogP contribution in [0.2, 0.25) is 0 Å². The number of aryl methyl sites for hydroxylation is 1. The van der Waals surface area contributed by atoms with Crippen LogP contribution in [-0.4, -0.2) is 7.11 Å². The molecule has 0 fully saturated rings. The van der Waals surface area contributed by atoms with Gasteiger partial charge in [0.25, 0.3) is 0 Å². The lowest BCUT2D eigenvalue weighted by molar-refractivity contribution is 0.400. The van der Waals surface area contributed by atoms with Crippen molar-refractivity contribution in [2.75, 3.05) is 7.11 Å². The summed E-state index contributed by atoms with van der Waals surface area (Å²) in [5.41, 5.74) is 4.01. The van der Waals surface area contributed by atoms with Crippen molar-refractivity contribution in [3.8, 4) is 5.75 Å². The largest absolute Gasteiger partial charge is 0.497 e. The Balaban J connectivity index is 2.50. The maximum absolute atomic E-state index is 5.26. The predicted octanol–water partition coefficient (Wildman–Crippen LogP) is 4.97. The van der Waals surface area contributed by atoms with Crippen molar-refractivity contribution in [1.82, 2.24) is 0 Å². The number of ether oxygens (including phenoxy) is 1. The van der Waals surface area contributed by atoms with Gasteiger partial charge in [0.2, 0.25) is 0 Å². The maximum Gasteiger partial charge on any atom is 0.118 e.